The van der Waals surface area contributed by atoms with Gasteiger partial charge in [-0.1, -0.05) is 41.4 Å². The minimum atomic E-state index is -0.805. The zero-order valence-electron chi connectivity index (χ0n) is 11.7. The van der Waals surface area contributed by atoms with E-state index in [4.69, 9.17) is 5.11 Å². The molecule has 0 saturated carbocycles. The number of rotatable bonds is 7. The van der Waals surface area contributed by atoms with Crippen molar-refractivity contribution < 1.29 is 9.90 Å². The molecule has 0 spiro atoms. The summed E-state index contributed by atoms with van der Waals surface area (Å²) >= 11 is 4.98. The van der Waals surface area contributed by atoms with Gasteiger partial charge in [-0.25, -0.2) is 4.98 Å². The summed E-state index contributed by atoms with van der Waals surface area (Å²) < 4.78 is 1.04. The van der Waals surface area contributed by atoms with Crippen molar-refractivity contribution in [3.8, 4) is 10.6 Å². The van der Waals surface area contributed by atoms with Crippen molar-refractivity contribution in [1.29, 1.82) is 0 Å². The second kappa shape index (κ2) is 7.68. The van der Waals surface area contributed by atoms with E-state index in [1.165, 1.54) is 0 Å². The number of carboxylic acid groups (broad SMARTS) is 1. The smallest absolute Gasteiger partial charge is 0.320 e. The predicted octanol–water partition coefficient (Wildman–Crippen LogP) is 3.92. The normalized spacial score (nSPS) is 12.3. The molecule has 0 aliphatic heterocycles. The van der Waals surface area contributed by atoms with Gasteiger partial charge in [0.25, 0.3) is 0 Å². The monoisotopic (exact) mass is 368 g/mol. The van der Waals surface area contributed by atoms with Crippen LogP contribution in [0.5, 0.6) is 0 Å². The lowest BCUT2D eigenvalue weighted by Gasteiger charge is -2.11. The third-order valence-electron chi connectivity index (χ3n) is 3.05. The van der Waals surface area contributed by atoms with Gasteiger partial charge < -0.3 is 5.11 Å². The van der Waals surface area contributed by atoms with Crippen LogP contribution in [0.3, 0.4) is 0 Å². The van der Waals surface area contributed by atoms with E-state index in [0.717, 1.165) is 27.2 Å². The highest BCUT2D eigenvalue weighted by atomic mass is 79.9. The molecule has 1 heterocycles. The first kappa shape index (κ1) is 16.1. The van der Waals surface area contributed by atoms with E-state index in [9.17, 15) is 4.79 Å². The van der Waals surface area contributed by atoms with E-state index in [1.54, 1.807) is 11.3 Å². The lowest BCUT2D eigenvalue weighted by molar-refractivity contribution is -0.139. The standard InChI is InChI=1S/C15H17BrN2O2S/c1-2-3-13(15(19)20)17-8-12-9-21-14(18-12)10-4-6-11(16)7-5-10/h4-7,9,13,17H,2-3,8H2,1H3,(H,19,20). The Morgan fingerprint density at radius 2 is 2.14 bits per heavy atom. The minimum Gasteiger partial charge on any atom is -0.480 e. The van der Waals surface area contributed by atoms with Crippen molar-refractivity contribution in [2.24, 2.45) is 0 Å². The van der Waals surface area contributed by atoms with Gasteiger partial charge in [0.2, 0.25) is 0 Å². The number of thiazole rings is 1. The van der Waals surface area contributed by atoms with Gasteiger partial charge in [-0.05, 0) is 18.6 Å². The van der Waals surface area contributed by atoms with E-state index >= 15 is 0 Å². The van der Waals surface area contributed by atoms with Gasteiger partial charge in [0, 0.05) is 22.0 Å². The summed E-state index contributed by atoms with van der Waals surface area (Å²) in [5, 5.41) is 15.1. The number of hydrogen-bond donors (Lipinski definition) is 2. The number of aromatic nitrogens is 1. The van der Waals surface area contributed by atoms with Gasteiger partial charge in [-0.15, -0.1) is 11.3 Å². The third kappa shape index (κ3) is 4.62. The minimum absolute atomic E-state index is 0.476. The van der Waals surface area contributed by atoms with E-state index in [1.807, 2.05) is 36.6 Å². The number of carboxylic acids is 1. The van der Waals surface area contributed by atoms with Crippen LogP contribution in [0.2, 0.25) is 0 Å². The molecule has 0 amide bonds. The molecule has 0 saturated heterocycles. The molecule has 6 heteroatoms. The van der Waals surface area contributed by atoms with Crippen LogP contribution in [0.4, 0.5) is 0 Å². The van der Waals surface area contributed by atoms with E-state index in [-0.39, 0.29) is 0 Å². The fourth-order valence-electron chi connectivity index (χ4n) is 1.94. The molecule has 0 aliphatic rings. The Bertz CT molecular complexity index is 598. The number of nitrogens with zero attached hydrogens (tertiary/aromatic N) is 1. The highest BCUT2D eigenvalue weighted by molar-refractivity contribution is 9.10. The first-order valence-electron chi connectivity index (χ1n) is 6.76. The summed E-state index contributed by atoms with van der Waals surface area (Å²) in [6, 6.07) is 7.48. The van der Waals surface area contributed by atoms with Gasteiger partial charge in [0.15, 0.2) is 0 Å². The van der Waals surface area contributed by atoms with E-state index in [2.05, 4.69) is 26.2 Å². The molecule has 0 fully saturated rings. The molecule has 0 bridgehead atoms. The first-order valence-corrected chi connectivity index (χ1v) is 8.44. The molecule has 4 nitrogen and oxygen atoms in total. The summed E-state index contributed by atoms with van der Waals surface area (Å²) in [4.78, 5) is 15.6. The molecule has 1 aromatic heterocycles. The fraction of sp³-hybridized carbons (Fsp3) is 0.333. The van der Waals surface area contributed by atoms with Gasteiger partial charge in [-0.3, -0.25) is 10.1 Å². The molecule has 1 aromatic carbocycles. The average molecular weight is 369 g/mol. The van der Waals surface area contributed by atoms with Crippen LogP contribution >= 0.6 is 27.3 Å². The predicted molar refractivity (Wildman–Crippen MR) is 88.4 cm³/mol. The van der Waals surface area contributed by atoms with Gasteiger partial charge >= 0.3 is 5.97 Å². The molecular formula is C15H17BrN2O2S. The van der Waals surface area contributed by atoms with Gasteiger partial charge in [-0.2, -0.15) is 0 Å². The van der Waals surface area contributed by atoms with Crippen LogP contribution in [0, 0.1) is 0 Å². The van der Waals surface area contributed by atoms with Crippen molar-refractivity contribution in [2.45, 2.75) is 32.4 Å². The largest absolute Gasteiger partial charge is 0.480 e. The Balaban J connectivity index is 2.00. The van der Waals surface area contributed by atoms with Gasteiger partial charge in [0.1, 0.15) is 11.0 Å². The maximum Gasteiger partial charge on any atom is 0.320 e. The SMILES string of the molecule is CCCC(NCc1csc(-c2ccc(Br)cc2)n1)C(=O)O. The summed E-state index contributed by atoms with van der Waals surface area (Å²) in [6.45, 7) is 2.45. The van der Waals surface area contributed by atoms with E-state index < -0.39 is 12.0 Å². The Morgan fingerprint density at radius 1 is 1.43 bits per heavy atom. The molecular weight excluding hydrogens is 352 g/mol. The summed E-state index contributed by atoms with van der Waals surface area (Å²) in [5.74, 6) is -0.805. The second-order valence-corrected chi connectivity index (χ2v) is 6.49. The average Bonchev–Trinajstić information content (AvgIpc) is 2.92. The van der Waals surface area contributed by atoms with Crippen LogP contribution in [0.1, 0.15) is 25.5 Å². The number of hydrogen-bond acceptors (Lipinski definition) is 4. The molecule has 0 aliphatic carbocycles. The molecule has 112 valence electrons. The first-order chi connectivity index (χ1) is 10.1. The number of carbonyl (C=O) groups is 1. The highest BCUT2D eigenvalue weighted by Gasteiger charge is 2.15. The van der Waals surface area contributed by atoms with Crippen molar-refractivity contribution in [1.82, 2.24) is 10.3 Å². The molecule has 2 rings (SSSR count). The van der Waals surface area contributed by atoms with Crippen LogP contribution in [0.25, 0.3) is 10.6 Å². The number of halogens is 1. The number of benzene rings is 1. The summed E-state index contributed by atoms with van der Waals surface area (Å²) in [5.41, 5.74) is 1.94. The van der Waals surface area contributed by atoms with Crippen molar-refractivity contribution in [3.05, 3.63) is 39.8 Å². The molecule has 1 unspecified atom stereocenters. The Hall–Kier alpha value is -1.24. The maximum atomic E-state index is 11.1. The molecule has 1 atom stereocenters. The number of aliphatic carboxylic acids is 1. The number of nitrogens with one attached hydrogen (secondary N) is 1. The van der Waals surface area contributed by atoms with Crippen LogP contribution in [-0.4, -0.2) is 22.1 Å². The second-order valence-electron chi connectivity index (χ2n) is 4.71. The molecule has 2 N–H and O–H groups in total. The Labute approximate surface area is 136 Å². The fourth-order valence-corrected chi connectivity index (χ4v) is 3.03. The highest BCUT2D eigenvalue weighted by Crippen LogP contribution is 2.25. The van der Waals surface area contributed by atoms with Crippen LogP contribution in [-0.2, 0) is 11.3 Å². The molecule has 0 radical (unpaired) electrons. The van der Waals surface area contributed by atoms with Gasteiger partial charge in [0.05, 0.1) is 5.69 Å². The lowest BCUT2D eigenvalue weighted by Crippen LogP contribution is -2.36. The zero-order valence-corrected chi connectivity index (χ0v) is 14.1. The van der Waals surface area contributed by atoms with Crippen LogP contribution in [0.15, 0.2) is 34.1 Å². The lowest BCUT2D eigenvalue weighted by atomic mass is 10.1. The van der Waals surface area contributed by atoms with Crippen molar-refractivity contribution in [3.63, 3.8) is 0 Å². The summed E-state index contributed by atoms with van der Waals surface area (Å²) in [6.07, 6.45) is 1.46. The third-order valence-corrected chi connectivity index (χ3v) is 4.52. The topological polar surface area (TPSA) is 62.2 Å². The Morgan fingerprint density at radius 3 is 2.76 bits per heavy atom. The molecule has 2 aromatic rings. The Kier molecular flexibility index (Phi) is 5.90. The van der Waals surface area contributed by atoms with E-state index in [0.29, 0.717) is 13.0 Å². The van der Waals surface area contributed by atoms with Crippen molar-refractivity contribution >= 4 is 33.2 Å². The summed E-state index contributed by atoms with van der Waals surface area (Å²) in [7, 11) is 0. The zero-order chi connectivity index (χ0) is 15.2. The quantitative estimate of drug-likeness (QED) is 0.777. The van der Waals surface area contributed by atoms with Crippen LogP contribution < -0.4 is 5.32 Å². The molecule has 21 heavy (non-hydrogen) atoms. The maximum absolute atomic E-state index is 11.1. The van der Waals surface area contributed by atoms with Crippen molar-refractivity contribution in [2.75, 3.05) is 0 Å².